The number of aromatic nitrogens is 1. The van der Waals surface area contributed by atoms with Crippen molar-refractivity contribution in [3.63, 3.8) is 0 Å². The molecule has 8 nitrogen and oxygen atoms in total. The lowest BCUT2D eigenvalue weighted by atomic mass is 10.2. The molecule has 0 unspecified atom stereocenters. The molecule has 0 atom stereocenters. The molecular formula is C14H20N2O6S. The number of methoxy groups -OCH3 is 1. The lowest BCUT2D eigenvalue weighted by Gasteiger charge is -1.99. The number of carbonyl (C=O) groups excluding carboxylic acids is 1. The lowest BCUT2D eigenvalue weighted by Crippen LogP contribution is -2.14. The van der Waals surface area contributed by atoms with Crippen LogP contribution in [0, 0.1) is 0 Å². The largest absolute Gasteiger partial charge is 0.508 e. The van der Waals surface area contributed by atoms with Crippen LogP contribution in [-0.4, -0.2) is 50.6 Å². The summed E-state index contributed by atoms with van der Waals surface area (Å²) in [5, 5.41) is 1.20. The predicted octanol–water partition coefficient (Wildman–Crippen LogP) is 1.47. The maximum Gasteiger partial charge on any atom is 0.508 e. The Labute approximate surface area is 135 Å². The molecule has 23 heavy (non-hydrogen) atoms. The highest BCUT2D eigenvalue weighted by Gasteiger charge is 2.06. The van der Waals surface area contributed by atoms with Gasteiger partial charge in [0.15, 0.2) is 0 Å². The Bertz CT molecular complexity index is 625. The third kappa shape index (κ3) is 10.2. The smallest absolute Gasteiger partial charge is 0.438 e. The Hall–Kier alpha value is -2.23. The zero-order valence-electron chi connectivity index (χ0n) is 12.9. The molecule has 0 fully saturated rings. The second kappa shape index (κ2) is 11.4. The van der Waals surface area contributed by atoms with Crippen LogP contribution in [0.25, 0.3) is 10.9 Å². The number of hydrogen-bond donors (Lipinski definition) is 2. The lowest BCUT2D eigenvalue weighted by molar-refractivity contribution is 0.0774. The average molecular weight is 344 g/mol. The van der Waals surface area contributed by atoms with Gasteiger partial charge < -0.3 is 15.2 Å². The van der Waals surface area contributed by atoms with E-state index in [0.717, 1.165) is 12.6 Å². The molecule has 0 spiro atoms. The molecule has 2 rings (SSSR count). The fourth-order valence-corrected chi connectivity index (χ4v) is 1.60. The fraction of sp³-hybridized carbons (Fsp3) is 0.286. The summed E-state index contributed by atoms with van der Waals surface area (Å²) in [6.45, 7) is -0.411. The minimum atomic E-state index is -4.06. The van der Waals surface area contributed by atoms with Crippen LogP contribution in [0.4, 0.5) is 4.79 Å². The molecule has 0 saturated carbocycles. The predicted molar refractivity (Wildman–Crippen MR) is 86.6 cm³/mol. The van der Waals surface area contributed by atoms with Gasteiger partial charge in [-0.15, -0.1) is 0 Å². The van der Waals surface area contributed by atoms with E-state index in [4.69, 9.17) is 4.55 Å². The van der Waals surface area contributed by atoms with E-state index in [-0.39, 0.29) is 0 Å². The SMILES string of the molecule is CN.COC(=O)OCCS(=O)(=O)O.c1ccc2ncccc2c1. The van der Waals surface area contributed by atoms with Crippen molar-refractivity contribution in [2.24, 2.45) is 5.73 Å². The zero-order valence-corrected chi connectivity index (χ0v) is 13.7. The topological polar surface area (TPSA) is 129 Å². The number of para-hydroxylation sites is 1. The molecule has 0 aliphatic carbocycles. The first kappa shape index (κ1) is 20.8. The molecule has 1 heterocycles. The van der Waals surface area contributed by atoms with Crippen molar-refractivity contribution in [3.05, 3.63) is 42.6 Å². The van der Waals surface area contributed by atoms with Gasteiger partial charge in [0.05, 0.1) is 12.6 Å². The third-order valence-corrected chi connectivity index (χ3v) is 2.92. The van der Waals surface area contributed by atoms with Gasteiger partial charge in [-0.3, -0.25) is 9.54 Å². The summed E-state index contributed by atoms with van der Waals surface area (Å²) in [5.74, 6) is -0.623. The van der Waals surface area contributed by atoms with E-state index in [9.17, 15) is 13.2 Å². The molecule has 0 amide bonds. The molecule has 2 aromatic rings. The Morgan fingerprint density at radius 1 is 1.22 bits per heavy atom. The molecule has 0 aliphatic heterocycles. The van der Waals surface area contributed by atoms with Crippen LogP contribution >= 0.6 is 0 Å². The molecule has 1 aromatic carbocycles. The normalized spacial score (nSPS) is 9.74. The van der Waals surface area contributed by atoms with Gasteiger partial charge in [0, 0.05) is 11.6 Å². The van der Waals surface area contributed by atoms with E-state index in [0.29, 0.717) is 0 Å². The van der Waals surface area contributed by atoms with Crippen molar-refractivity contribution in [1.82, 2.24) is 4.98 Å². The van der Waals surface area contributed by atoms with E-state index >= 15 is 0 Å². The molecule has 9 heteroatoms. The average Bonchev–Trinajstić information content (AvgIpc) is 2.56. The van der Waals surface area contributed by atoms with Crippen molar-refractivity contribution in [1.29, 1.82) is 0 Å². The van der Waals surface area contributed by atoms with E-state index in [1.807, 2.05) is 30.5 Å². The van der Waals surface area contributed by atoms with Crippen LogP contribution in [0.2, 0.25) is 0 Å². The number of rotatable bonds is 3. The number of carbonyl (C=O) groups is 1. The number of fused-ring (bicyclic) bond motifs is 1. The Morgan fingerprint density at radius 3 is 2.39 bits per heavy atom. The van der Waals surface area contributed by atoms with Gasteiger partial charge in [-0.25, -0.2) is 4.79 Å². The molecule has 128 valence electrons. The number of nitrogens with two attached hydrogens (primary N) is 1. The van der Waals surface area contributed by atoms with Crippen molar-refractivity contribution in [2.75, 3.05) is 26.5 Å². The van der Waals surface area contributed by atoms with E-state index < -0.39 is 28.6 Å². The third-order valence-electron chi connectivity index (χ3n) is 2.24. The van der Waals surface area contributed by atoms with Crippen molar-refractivity contribution in [2.45, 2.75) is 0 Å². The number of hydrogen-bond acceptors (Lipinski definition) is 7. The fourth-order valence-electron chi connectivity index (χ4n) is 1.31. The van der Waals surface area contributed by atoms with E-state index in [1.165, 1.54) is 12.4 Å². The van der Waals surface area contributed by atoms with Crippen LogP contribution in [-0.2, 0) is 19.6 Å². The number of benzene rings is 1. The molecule has 0 aliphatic rings. The summed E-state index contributed by atoms with van der Waals surface area (Å²) in [7, 11) is -1.47. The van der Waals surface area contributed by atoms with Gasteiger partial charge in [0.25, 0.3) is 10.1 Å². The maximum atomic E-state index is 10.2. The highest BCUT2D eigenvalue weighted by Crippen LogP contribution is 2.07. The van der Waals surface area contributed by atoms with Gasteiger partial charge in [0.1, 0.15) is 12.4 Å². The molecule has 0 radical (unpaired) electrons. The molecular weight excluding hydrogens is 324 g/mol. The molecule has 3 N–H and O–H groups in total. The first-order valence-corrected chi connectivity index (χ1v) is 8.06. The van der Waals surface area contributed by atoms with Crippen molar-refractivity contribution in [3.8, 4) is 0 Å². The first-order valence-electron chi connectivity index (χ1n) is 6.46. The molecule has 0 saturated heterocycles. The highest BCUT2D eigenvalue weighted by molar-refractivity contribution is 7.85. The van der Waals surface area contributed by atoms with Crippen LogP contribution in [0.5, 0.6) is 0 Å². The second-order valence-electron chi connectivity index (χ2n) is 3.78. The van der Waals surface area contributed by atoms with Gasteiger partial charge in [-0.1, -0.05) is 24.3 Å². The summed E-state index contributed by atoms with van der Waals surface area (Å²) >= 11 is 0. The quantitative estimate of drug-likeness (QED) is 0.632. The number of pyridine rings is 1. The van der Waals surface area contributed by atoms with Crippen LogP contribution in [0.1, 0.15) is 0 Å². The maximum absolute atomic E-state index is 10.2. The summed E-state index contributed by atoms with van der Waals surface area (Å²) in [4.78, 5) is 14.4. The van der Waals surface area contributed by atoms with Crippen LogP contribution < -0.4 is 5.73 Å². The van der Waals surface area contributed by atoms with Crippen molar-refractivity contribution >= 4 is 27.2 Å². The monoisotopic (exact) mass is 344 g/mol. The van der Waals surface area contributed by atoms with E-state index in [2.05, 4.69) is 32.3 Å². The Morgan fingerprint density at radius 2 is 1.83 bits per heavy atom. The number of nitrogens with zero attached hydrogens (tertiary/aromatic N) is 1. The molecule has 1 aromatic heterocycles. The van der Waals surface area contributed by atoms with Gasteiger partial charge >= 0.3 is 6.16 Å². The standard InChI is InChI=1S/C9H7N.C4H8O6S.CH5N/c1-2-6-9-8(4-1)5-3-7-10-9;1-9-4(5)10-2-3-11(6,7)8;1-2/h1-7H;2-3H2,1H3,(H,6,7,8);2H2,1H3. The zero-order chi connectivity index (χ0) is 17.7. The number of ether oxygens (including phenoxy) is 2. The van der Waals surface area contributed by atoms with Gasteiger partial charge in [0.2, 0.25) is 0 Å². The van der Waals surface area contributed by atoms with E-state index in [1.54, 1.807) is 0 Å². The minimum Gasteiger partial charge on any atom is -0.438 e. The molecule has 0 bridgehead atoms. The van der Waals surface area contributed by atoms with Gasteiger partial charge in [-0.2, -0.15) is 8.42 Å². The first-order chi connectivity index (χ1) is 10.9. The second-order valence-corrected chi connectivity index (χ2v) is 5.36. The van der Waals surface area contributed by atoms with Crippen LogP contribution in [0.15, 0.2) is 42.6 Å². The summed E-state index contributed by atoms with van der Waals surface area (Å²) in [6.07, 6.45) is 0.830. The summed E-state index contributed by atoms with van der Waals surface area (Å²) in [5.41, 5.74) is 5.56. The van der Waals surface area contributed by atoms with Crippen molar-refractivity contribution < 1.29 is 27.2 Å². The Balaban J connectivity index is 0.000000380. The van der Waals surface area contributed by atoms with Crippen LogP contribution in [0.3, 0.4) is 0 Å². The summed E-state index contributed by atoms with van der Waals surface area (Å²) < 4.78 is 36.4. The minimum absolute atomic E-state index is 0.411. The van der Waals surface area contributed by atoms with Gasteiger partial charge in [-0.05, 0) is 19.2 Å². The Kier molecular flexibility index (Phi) is 10.3. The summed E-state index contributed by atoms with van der Waals surface area (Å²) in [6, 6.07) is 12.1. The highest BCUT2D eigenvalue weighted by atomic mass is 32.2.